The maximum atomic E-state index is 14.4. The number of nitrogens with zero attached hydrogens (tertiary/aromatic N) is 2. The van der Waals surface area contributed by atoms with Gasteiger partial charge < -0.3 is 14.2 Å². The minimum absolute atomic E-state index is 0.189. The zero-order valence-electron chi connectivity index (χ0n) is 16.4. The fraction of sp³-hybridized carbons (Fsp3) is 0.667. The third-order valence-electron chi connectivity index (χ3n) is 4.58. The number of esters is 1. The van der Waals surface area contributed by atoms with Gasteiger partial charge in [-0.3, -0.25) is 14.7 Å². The quantitative estimate of drug-likeness (QED) is 0.554. The number of unbranched alkanes of at least 4 members (excludes halogenated alkanes) is 2. The predicted octanol–water partition coefficient (Wildman–Crippen LogP) is 2.61. The van der Waals surface area contributed by atoms with Crippen LogP contribution in [0.25, 0.3) is 0 Å². The number of halogens is 1. The molecule has 1 amide bonds. The Balaban J connectivity index is 2.15. The lowest BCUT2D eigenvalue weighted by Gasteiger charge is -2.22. The third-order valence-corrected chi connectivity index (χ3v) is 4.58. The molecule has 2 heterocycles. The molecule has 1 aliphatic heterocycles. The summed E-state index contributed by atoms with van der Waals surface area (Å²) in [5.41, 5.74) is -0.855. The molecular weight excluding hydrogens is 373 g/mol. The Bertz CT molecular complexity index is 768. The van der Waals surface area contributed by atoms with E-state index < -0.39 is 41.7 Å². The van der Waals surface area contributed by atoms with Crippen molar-refractivity contribution >= 4 is 17.9 Å². The van der Waals surface area contributed by atoms with Crippen LogP contribution in [0.3, 0.4) is 0 Å². The highest BCUT2D eigenvalue weighted by Crippen LogP contribution is 2.35. The van der Waals surface area contributed by atoms with Crippen LogP contribution in [-0.2, 0) is 19.0 Å². The Morgan fingerprint density at radius 3 is 2.71 bits per heavy atom. The first-order chi connectivity index (χ1) is 13.2. The molecule has 10 heteroatoms. The summed E-state index contributed by atoms with van der Waals surface area (Å²) < 4.78 is 31.2. The van der Waals surface area contributed by atoms with E-state index in [-0.39, 0.29) is 18.6 Å². The van der Waals surface area contributed by atoms with Gasteiger partial charge in [0.15, 0.2) is 24.0 Å². The van der Waals surface area contributed by atoms with E-state index in [1.807, 2.05) is 6.92 Å². The first-order valence-electron chi connectivity index (χ1n) is 9.29. The number of rotatable bonds is 7. The van der Waals surface area contributed by atoms with Crippen LogP contribution in [-0.4, -0.2) is 40.4 Å². The highest BCUT2D eigenvalue weighted by molar-refractivity contribution is 5.83. The number of anilines is 1. The maximum Gasteiger partial charge on any atom is 0.412 e. The zero-order chi connectivity index (χ0) is 20.8. The Morgan fingerprint density at radius 1 is 1.36 bits per heavy atom. The molecule has 1 N–H and O–H groups in total. The summed E-state index contributed by atoms with van der Waals surface area (Å²) in [6.45, 7) is 7.01. The minimum atomic E-state index is -1.02. The fourth-order valence-corrected chi connectivity index (χ4v) is 2.89. The normalized spacial score (nSPS) is 24.0. The number of carbonyl (C=O) groups is 2. The summed E-state index contributed by atoms with van der Waals surface area (Å²) in [5, 5.41) is 2.12. The first kappa shape index (κ1) is 21.8. The van der Waals surface area contributed by atoms with E-state index in [4.69, 9.17) is 14.2 Å². The largest absolute Gasteiger partial charge is 0.457 e. The van der Waals surface area contributed by atoms with Crippen LogP contribution < -0.4 is 11.0 Å². The number of amides is 1. The molecule has 156 valence electrons. The lowest BCUT2D eigenvalue weighted by Crippen LogP contribution is -2.36. The number of nitrogens with one attached hydrogen (secondary N) is 1. The van der Waals surface area contributed by atoms with Crippen molar-refractivity contribution in [3.63, 3.8) is 0 Å². The molecule has 0 aromatic carbocycles. The van der Waals surface area contributed by atoms with Gasteiger partial charge in [-0.1, -0.05) is 26.7 Å². The molecule has 3 unspecified atom stereocenters. The molecule has 1 aromatic heterocycles. The van der Waals surface area contributed by atoms with Crippen molar-refractivity contribution in [2.24, 2.45) is 5.92 Å². The fourth-order valence-electron chi connectivity index (χ4n) is 2.89. The van der Waals surface area contributed by atoms with Crippen LogP contribution in [0.5, 0.6) is 0 Å². The summed E-state index contributed by atoms with van der Waals surface area (Å²) in [6.07, 6.45) is 0.429. The predicted molar refractivity (Wildman–Crippen MR) is 97.3 cm³/mol. The zero-order valence-corrected chi connectivity index (χ0v) is 16.4. The lowest BCUT2D eigenvalue weighted by atomic mass is 10.0. The molecule has 1 saturated heterocycles. The molecule has 4 atom stereocenters. The van der Waals surface area contributed by atoms with Gasteiger partial charge in [0.1, 0.15) is 0 Å². The molecule has 1 aliphatic rings. The highest BCUT2D eigenvalue weighted by atomic mass is 19.1. The number of carbonyl (C=O) groups excluding carboxylic acids is 2. The smallest absolute Gasteiger partial charge is 0.412 e. The molecule has 0 bridgehead atoms. The Hall–Kier alpha value is -2.49. The summed E-state index contributed by atoms with van der Waals surface area (Å²) in [5.74, 6) is -2.22. The van der Waals surface area contributed by atoms with Gasteiger partial charge >= 0.3 is 17.8 Å². The van der Waals surface area contributed by atoms with E-state index >= 15 is 0 Å². The van der Waals surface area contributed by atoms with E-state index in [1.54, 1.807) is 13.8 Å². The molecule has 28 heavy (non-hydrogen) atoms. The molecular formula is C18H26FN3O6. The summed E-state index contributed by atoms with van der Waals surface area (Å²) in [6, 6.07) is 0. The molecule has 0 aliphatic carbocycles. The van der Waals surface area contributed by atoms with Gasteiger partial charge in [-0.25, -0.2) is 14.0 Å². The molecule has 1 aromatic rings. The van der Waals surface area contributed by atoms with E-state index in [9.17, 15) is 18.8 Å². The van der Waals surface area contributed by atoms with Gasteiger partial charge in [-0.2, -0.15) is 4.98 Å². The van der Waals surface area contributed by atoms with E-state index in [0.29, 0.717) is 6.42 Å². The molecule has 2 rings (SSSR count). The second kappa shape index (κ2) is 9.63. The van der Waals surface area contributed by atoms with Crippen LogP contribution in [0.2, 0.25) is 0 Å². The second-order valence-electron chi connectivity index (χ2n) is 6.76. The van der Waals surface area contributed by atoms with Gasteiger partial charge in [-0.15, -0.1) is 0 Å². The Morgan fingerprint density at radius 2 is 2.07 bits per heavy atom. The van der Waals surface area contributed by atoms with Crippen LogP contribution in [0, 0.1) is 11.7 Å². The number of ether oxygens (including phenoxy) is 3. The number of hydrogen-bond donors (Lipinski definition) is 1. The average molecular weight is 399 g/mol. The van der Waals surface area contributed by atoms with Crippen molar-refractivity contribution in [2.45, 2.75) is 65.4 Å². The van der Waals surface area contributed by atoms with Crippen molar-refractivity contribution in [1.82, 2.24) is 9.55 Å². The van der Waals surface area contributed by atoms with Crippen molar-refractivity contribution in [1.29, 1.82) is 0 Å². The molecule has 0 saturated carbocycles. The monoisotopic (exact) mass is 399 g/mol. The average Bonchev–Trinajstić information content (AvgIpc) is 2.89. The van der Waals surface area contributed by atoms with Crippen molar-refractivity contribution in [2.75, 3.05) is 11.9 Å². The number of hydrogen-bond acceptors (Lipinski definition) is 7. The van der Waals surface area contributed by atoms with Gasteiger partial charge in [0.25, 0.3) is 0 Å². The molecule has 9 nitrogen and oxygen atoms in total. The van der Waals surface area contributed by atoms with Crippen LogP contribution in [0.4, 0.5) is 15.0 Å². The van der Waals surface area contributed by atoms with Crippen LogP contribution in [0.1, 0.15) is 53.2 Å². The van der Waals surface area contributed by atoms with E-state index in [1.165, 1.54) is 6.92 Å². The Labute approximate surface area is 162 Å². The van der Waals surface area contributed by atoms with Crippen LogP contribution >= 0.6 is 0 Å². The van der Waals surface area contributed by atoms with Gasteiger partial charge in [0.05, 0.1) is 18.9 Å². The number of aromatic nitrogens is 2. The van der Waals surface area contributed by atoms with Crippen LogP contribution in [0.15, 0.2) is 11.0 Å². The summed E-state index contributed by atoms with van der Waals surface area (Å²) in [7, 11) is 0. The first-order valence-corrected chi connectivity index (χ1v) is 9.29. The van der Waals surface area contributed by atoms with Gasteiger partial charge in [0, 0.05) is 12.8 Å². The van der Waals surface area contributed by atoms with Crippen molar-refractivity contribution < 1.29 is 28.2 Å². The SMILES string of the molecule is CCCCCOC(=O)Nc1nc(=O)n([C@@H]2OC(C)C(C)C2OC(C)=O)cc1F. The molecule has 0 spiro atoms. The third kappa shape index (κ3) is 5.28. The van der Waals surface area contributed by atoms with Crippen molar-refractivity contribution in [3.05, 3.63) is 22.5 Å². The Kier molecular flexibility index (Phi) is 7.50. The second-order valence-corrected chi connectivity index (χ2v) is 6.76. The minimum Gasteiger partial charge on any atom is -0.457 e. The van der Waals surface area contributed by atoms with E-state index in [2.05, 4.69) is 10.3 Å². The topological polar surface area (TPSA) is 109 Å². The molecule has 0 radical (unpaired) electrons. The highest BCUT2D eigenvalue weighted by Gasteiger charge is 2.43. The summed E-state index contributed by atoms with van der Waals surface area (Å²) in [4.78, 5) is 39.0. The van der Waals surface area contributed by atoms with E-state index in [0.717, 1.165) is 23.6 Å². The molecule has 1 fully saturated rings. The van der Waals surface area contributed by atoms with Crippen molar-refractivity contribution in [3.8, 4) is 0 Å². The lowest BCUT2D eigenvalue weighted by molar-refractivity contribution is -0.153. The maximum absolute atomic E-state index is 14.4. The standard InChI is InChI=1S/C18H26FN3O6/c1-5-6-7-8-26-18(25)21-15-13(19)9-22(17(24)20-15)16-14(28-12(4)23)10(2)11(3)27-16/h9-11,14,16H,5-8H2,1-4H3,(H,20,21,24,25)/t10?,11?,14?,16-/m1/s1. The van der Waals surface area contributed by atoms with Gasteiger partial charge in [-0.05, 0) is 13.3 Å². The van der Waals surface area contributed by atoms with Gasteiger partial charge in [0.2, 0.25) is 0 Å². The summed E-state index contributed by atoms with van der Waals surface area (Å²) >= 11 is 0.